The Morgan fingerprint density at radius 2 is 1.70 bits per heavy atom. The van der Waals surface area contributed by atoms with Gasteiger partial charge in [-0.15, -0.1) is 0 Å². The lowest BCUT2D eigenvalue weighted by atomic mass is 9.97. The highest BCUT2D eigenvalue weighted by Gasteiger charge is 2.51. The van der Waals surface area contributed by atoms with Gasteiger partial charge in [0.2, 0.25) is 0 Å². The fourth-order valence-corrected chi connectivity index (χ4v) is 4.33. The average molecular weight is 405 g/mol. The van der Waals surface area contributed by atoms with Crippen molar-refractivity contribution in [1.29, 1.82) is 0 Å². The summed E-state index contributed by atoms with van der Waals surface area (Å²) in [5, 5.41) is 2.50. The topological polar surface area (TPSA) is 81.7 Å². The van der Waals surface area contributed by atoms with Crippen molar-refractivity contribution in [3.05, 3.63) is 72.3 Å². The second-order valence-electron chi connectivity index (χ2n) is 7.52. The zero-order chi connectivity index (χ0) is 21.1. The van der Waals surface area contributed by atoms with Crippen molar-refractivity contribution >= 4 is 17.8 Å². The van der Waals surface area contributed by atoms with Crippen molar-refractivity contribution in [2.75, 3.05) is 13.2 Å². The van der Waals surface area contributed by atoms with Gasteiger partial charge in [-0.1, -0.05) is 61.2 Å². The van der Waals surface area contributed by atoms with Crippen molar-refractivity contribution in [3.8, 4) is 11.1 Å². The smallest absolute Gasteiger partial charge is 0.408 e. The summed E-state index contributed by atoms with van der Waals surface area (Å²) in [6.45, 7) is 3.57. The molecule has 0 aliphatic heterocycles. The van der Waals surface area contributed by atoms with Gasteiger partial charge in [0.1, 0.15) is 13.2 Å². The number of rotatable bonds is 6. The molecule has 1 N–H and O–H groups in total. The lowest BCUT2D eigenvalue weighted by Crippen LogP contribution is -2.58. The second-order valence-corrected chi connectivity index (χ2v) is 7.52. The number of ketones is 1. The van der Waals surface area contributed by atoms with Crippen molar-refractivity contribution in [2.45, 2.75) is 30.7 Å². The van der Waals surface area contributed by atoms with E-state index in [0.717, 1.165) is 22.3 Å². The number of amides is 1. The summed E-state index contributed by atoms with van der Waals surface area (Å²) >= 11 is 0. The highest BCUT2D eigenvalue weighted by Crippen LogP contribution is 2.44. The molecule has 30 heavy (non-hydrogen) atoms. The molecule has 2 aromatic rings. The van der Waals surface area contributed by atoms with Crippen LogP contribution < -0.4 is 5.32 Å². The van der Waals surface area contributed by atoms with Gasteiger partial charge in [0.25, 0.3) is 0 Å². The number of fused-ring (bicyclic) bond motifs is 3. The molecule has 2 aliphatic rings. The molecule has 0 heterocycles. The molecule has 0 unspecified atom stereocenters. The Hall–Kier alpha value is -3.41. The molecule has 1 atom stereocenters. The molecule has 6 heteroatoms. The molecule has 0 aromatic heterocycles. The van der Waals surface area contributed by atoms with Gasteiger partial charge >= 0.3 is 12.1 Å². The molecule has 6 nitrogen and oxygen atoms in total. The number of hydrogen-bond donors (Lipinski definition) is 1. The van der Waals surface area contributed by atoms with Gasteiger partial charge in [-0.25, -0.2) is 9.59 Å². The summed E-state index contributed by atoms with van der Waals surface area (Å²) in [4.78, 5) is 37.5. The standard InChI is InChI=1S/C24H23NO5/c1-2-14-29-22(27)24(13-7-12-21(24)26)25-23(28)30-15-20-18-10-5-3-8-16(18)17-9-4-6-11-19(17)20/h2-6,8-11,20H,1,7,12-15H2,(H,25,28)/t24-/m0/s1. The van der Waals surface area contributed by atoms with E-state index in [1.54, 1.807) is 0 Å². The first-order valence-corrected chi connectivity index (χ1v) is 10.0. The monoisotopic (exact) mass is 405 g/mol. The molecule has 1 saturated carbocycles. The minimum absolute atomic E-state index is 0.0275. The second kappa shape index (κ2) is 8.14. The minimum atomic E-state index is -1.68. The van der Waals surface area contributed by atoms with E-state index in [0.29, 0.717) is 6.42 Å². The van der Waals surface area contributed by atoms with E-state index in [9.17, 15) is 14.4 Å². The van der Waals surface area contributed by atoms with Crippen molar-refractivity contribution in [3.63, 3.8) is 0 Å². The molecule has 4 rings (SSSR count). The molecule has 154 valence electrons. The molecule has 0 bridgehead atoms. The van der Waals surface area contributed by atoms with Crippen LogP contribution in [0.4, 0.5) is 4.79 Å². The number of nitrogens with one attached hydrogen (secondary N) is 1. The molecule has 2 aromatic carbocycles. The quantitative estimate of drug-likeness (QED) is 0.450. The van der Waals surface area contributed by atoms with Crippen LogP contribution in [0.1, 0.15) is 36.3 Å². The highest BCUT2D eigenvalue weighted by molar-refractivity contribution is 6.11. The van der Waals surface area contributed by atoms with Gasteiger partial charge in [0.05, 0.1) is 0 Å². The van der Waals surface area contributed by atoms with E-state index in [-0.39, 0.29) is 37.8 Å². The SMILES string of the molecule is C=CCOC(=O)[C@]1(NC(=O)OCC2c3ccccc3-c3ccccc32)CCCC1=O. The number of alkyl carbamates (subject to hydrolysis) is 1. The Morgan fingerprint density at radius 3 is 2.27 bits per heavy atom. The maximum atomic E-state index is 12.6. The third-order valence-corrected chi connectivity index (χ3v) is 5.77. The molecule has 0 saturated heterocycles. The number of esters is 1. The maximum Gasteiger partial charge on any atom is 0.408 e. The first-order chi connectivity index (χ1) is 14.6. The molecule has 1 amide bonds. The van der Waals surface area contributed by atoms with E-state index < -0.39 is 17.6 Å². The number of carbonyl (C=O) groups excluding carboxylic acids is 3. The van der Waals surface area contributed by atoms with Gasteiger partial charge in [-0.3, -0.25) is 10.1 Å². The summed E-state index contributed by atoms with van der Waals surface area (Å²) in [7, 11) is 0. The maximum absolute atomic E-state index is 12.6. The number of benzene rings is 2. The largest absolute Gasteiger partial charge is 0.459 e. The number of ether oxygens (including phenoxy) is 2. The first-order valence-electron chi connectivity index (χ1n) is 10.0. The van der Waals surface area contributed by atoms with Crippen LogP contribution in [-0.4, -0.2) is 36.6 Å². The van der Waals surface area contributed by atoms with Crippen LogP contribution in [0.25, 0.3) is 11.1 Å². The van der Waals surface area contributed by atoms with Crippen LogP contribution in [0, 0.1) is 0 Å². The van der Waals surface area contributed by atoms with Gasteiger partial charge < -0.3 is 9.47 Å². The Balaban J connectivity index is 1.49. The van der Waals surface area contributed by atoms with Crippen molar-refractivity contribution in [1.82, 2.24) is 5.32 Å². The number of hydrogen-bond acceptors (Lipinski definition) is 5. The van der Waals surface area contributed by atoms with E-state index in [1.807, 2.05) is 36.4 Å². The third kappa shape index (κ3) is 3.38. The van der Waals surface area contributed by atoms with Crippen LogP contribution in [0.3, 0.4) is 0 Å². The van der Waals surface area contributed by atoms with E-state index in [2.05, 4.69) is 24.0 Å². The summed E-state index contributed by atoms with van der Waals surface area (Å²) in [6, 6.07) is 16.0. The minimum Gasteiger partial charge on any atom is -0.459 e. The Bertz CT molecular complexity index is 969. The fourth-order valence-electron chi connectivity index (χ4n) is 4.33. The molecule has 1 fully saturated rings. The van der Waals surface area contributed by atoms with Crippen LogP contribution in [0.5, 0.6) is 0 Å². The lowest BCUT2D eigenvalue weighted by molar-refractivity contribution is -0.153. The van der Waals surface area contributed by atoms with Gasteiger partial charge in [-0.2, -0.15) is 0 Å². The highest BCUT2D eigenvalue weighted by atomic mass is 16.6. The van der Waals surface area contributed by atoms with Gasteiger partial charge in [0.15, 0.2) is 11.3 Å². The fraction of sp³-hybridized carbons (Fsp3) is 0.292. The van der Waals surface area contributed by atoms with Crippen LogP contribution in [-0.2, 0) is 19.1 Å². The summed E-state index contributed by atoms with van der Waals surface area (Å²) < 4.78 is 10.6. The summed E-state index contributed by atoms with van der Waals surface area (Å²) in [6.07, 6.45) is 1.53. The van der Waals surface area contributed by atoms with Crippen LogP contribution in [0.2, 0.25) is 0 Å². The van der Waals surface area contributed by atoms with Crippen molar-refractivity contribution < 1.29 is 23.9 Å². The predicted molar refractivity (Wildman–Crippen MR) is 111 cm³/mol. The van der Waals surface area contributed by atoms with Crippen LogP contribution in [0.15, 0.2) is 61.2 Å². The summed E-state index contributed by atoms with van der Waals surface area (Å²) in [5.74, 6) is -1.23. The average Bonchev–Trinajstić information content (AvgIpc) is 3.29. The van der Waals surface area contributed by atoms with E-state index in [1.165, 1.54) is 6.08 Å². The third-order valence-electron chi connectivity index (χ3n) is 5.77. The Morgan fingerprint density at radius 1 is 1.07 bits per heavy atom. The van der Waals surface area contributed by atoms with Crippen LogP contribution >= 0.6 is 0 Å². The van der Waals surface area contributed by atoms with Gasteiger partial charge in [0, 0.05) is 12.3 Å². The van der Waals surface area contributed by atoms with E-state index >= 15 is 0 Å². The molecule has 0 radical (unpaired) electrons. The summed E-state index contributed by atoms with van der Waals surface area (Å²) in [5.41, 5.74) is 2.74. The first kappa shape index (κ1) is 19.9. The predicted octanol–water partition coefficient (Wildman–Crippen LogP) is 3.75. The lowest BCUT2D eigenvalue weighted by Gasteiger charge is -2.26. The zero-order valence-corrected chi connectivity index (χ0v) is 16.6. The number of carbonyl (C=O) groups is 3. The normalized spacial score (nSPS) is 19.7. The van der Waals surface area contributed by atoms with Crippen molar-refractivity contribution in [2.24, 2.45) is 0 Å². The molecule has 0 spiro atoms. The molecule has 2 aliphatic carbocycles. The molecular weight excluding hydrogens is 382 g/mol. The zero-order valence-electron chi connectivity index (χ0n) is 16.6. The van der Waals surface area contributed by atoms with Gasteiger partial charge in [-0.05, 0) is 35.1 Å². The number of Topliss-reactive ketones (excluding diaryl/α,β-unsaturated/α-hetero) is 1. The van der Waals surface area contributed by atoms with E-state index in [4.69, 9.17) is 9.47 Å². The Kier molecular flexibility index (Phi) is 5.40. The molecular formula is C24H23NO5. The Labute approximate surface area is 174 Å².